The topological polar surface area (TPSA) is 81.4 Å². The van der Waals surface area contributed by atoms with Crippen LogP contribution in [0, 0.1) is 0 Å². The molecule has 0 saturated heterocycles. The normalized spacial score (nSPS) is 12.5. The van der Waals surface area contributed by atoms with Gasteiger partial charge in [0.25, 0.3) is 0 Å². The molecule has 0 unspecified atom stereocenters. The monoisotopic (exact) mass is 364 g/mol. The fourth-order valence-corrected chi connectivity index (χ4v) is 2.46. The highest BCUT2D eigenvalue weighted by atomic mass is 19.1. The van der Waals surface area contributed by atoms with Crippen molar-refractivity contribution < 1.29 is 18.7 Å². The molecule has 0 aliphatic rings. The number of hydrogen-bond donors (Lipinski definition) is 2. The predicted octanol–water partition coefficient (Wildman–Crippen LogP) is 4.02. The molecule has 0 fully saturated rings. The van der Waals surface area contributed by atoms with E-state index in [1.54, 1.807) is 0 Å². The van der Waals surface area contributed by atoms with Gasteiger partial charge in [0.05, 0.1) is 19.1 Å². The van der Waals surface area contributed by atoms with E-state index in [9.17, 15) is 14.0 Å². The van der Waals surface area contributed by atoms with Gasteiger partial charge < -0.3 is 15.8 Å². The Morgan fingerprint density at radius 2 is 1.96 bits per heavy atom. The van der Waals surface area contributed by atoms with Crippen LogP contribution in [-0.4, -0.2) is 24.6 Å². The summed E-state index contributed by atoms with van der Waals surface area (Å²) >= 11 is 0. The summed E-state index contributed by atoms with van der Waals surface area (Å²) in [6.07, 6.45) is 5.36. The van der Waals surface area contributed by atoms with Crippen molar-refractivity contribution in [1.29, 1.82) is 0 Å². The number of hydrogen-bond acceptors (Lipinski definition) is 3. The quantitative estimate of drug-likeness (QED) is 0.550. The number of carbonyl (C=O) groups excluding carboxylic acids is 2. The Morgan fingerprint density at radius 1 is 1.23 bits per heavy atom. The summed E-state index contributed by atoms with van der Waals surface area (Å²) in [4.78, 5) is 22.9. The number of amides is 2. The molecule has 1 rings (SSSR count). The van der Waals surface area contributed by atoms with Crippen molar-refractivity contribution in [2.75, 3.05) is 6.61 Å². The van der Waals surface area contributed by atoms with Crippen LogP contribution in [0.4, 0.5) is 9.18 Å². The minimum absolute atomic E-state index is 0.272. The first-order valence-corrected chi connectivity index (χ1v) is 9.14. The van der Waals surface area contributed by atoms with E-state index >= 15 is 0 Å². The lowest BCUT2D eigenvalue weighted by Crippen LogP contribution is -2.39. The molecule has 0 aromatic heterocycles. The number of ether oxygens (including phenoxy) is 1. The number of rotatable bonds is 12. The zero-order chi connectivity index (χ0) is 19.2. The molecule has 2 amide bonds. The molecule has 144 valence electrons. The highest BCUT2D eigenvalue weighted by Gasteiger charge is 2.20. The van der Waals surface area contributed by atoms with Gasteiger partial charge >= 0.3 is 6.09 Å². The summed E-state index contributed by atoms with van der Waals surface area (Å²) in [7, 11) is 0. The van der Waals surface area contributed by atoms with Crippen LogP contribution in [0.15, 0.2) is 42.2 Å². The molecule has 5 nitrogen and oxygen atoms in total. The third kappa shape index (κ3) is 9.81. The number of unbranched alkanes of at least 4 members (excludes halogenated alkanes) is 3. The van der Waals surface area contributed by atoms with E-state index in [4.69, 9.17) is 10.5 Å². The Balaban J connectivity index is 2.48. The van der Waals surface area contributed by atoms with Gasteiger partial charge in [-0.05, 0) is 24.8 Å². The second-order valence-electron chi connectivity index (χ2n) is 6.18. The number of halogens is 1. The lowest BCUT2D eigenvalue weighted by molar-refractivity contribution is -0.118. The van der Waals surface area contributed by atoms with Crippen molar-refractivity contribution in [3.63, 3.8) is 0 Å². The third-order valence-electron chi connectivity index (χ3n) is 3.88. The molecule has 0 heterocycles. The van der Waals surface area contributed by atoms with E-state index in [1.165, 1.54) is 6.08 Å². The van der Waals surface area contributed by atoms with Gasteiger partial charge in [0, 0.05) is 0 Å². The molecule has 0 bridgehead atoms. The fourth-order valence-electron chi connectivity index (χ4n) is 2.46. The molecule has 0 aliphatic heterocycles. The number of carbonyl (C=O) groups is 2. The number of nitrogens with one attached hydrogen (secondary N) is 1. The molecular formula is C20H29FN2O3. The number of aryl methyl sites for hydroxylation is 1. The molecule has 26 heavy (non-hydrogen) atoms. The largest absolute Gasteiger partial charge is 0.450 e. The third-order valence-corrected chi connectivity index (χ3v) is 3.88. The lowest BCUT2D eigenvalue weighted by Gasteiger charge is -2.16. The zero-order valence-electron chi connectivity index (χ0n) is 15.4. The summed E-state index contributed by atoms with van der Waals surface area (Å²) < 4.78 is 19.4. The van der Waals surface area contributed by atoms with Crippen molar-refractivity contribution in [2.45, 2.75) is 57.9 Å². The van der Waals surface area contributed by atoms with Gasteiger partial charge in [0.15, 0.2) is 0 Å². The molecule has 1 aromatic rings. The fraction of sp³-hybridized carbons (Fsp3) is 0.500. The van der Waals surface area contributed by atoms with Crippen LogP contribution in [0.3, 0.4) is 0 Å². The van der Waals surface area contributed by atoms with Gasteiger partial charge in [-0.1, -0.05) is 62.6 Å². The van der Waals surface area contributed by atoms with Crippen molar-refractivity contribution in [1.82, 2.24) is 5.32 Å². The molecule has 6 heteroatoms. The van der Waals surface area contributed by atoms with Crippen molar-refractivity contribution in [3.05, 3.63) is 47.8 Å². The number of nitrogens with two attached hydrogens (primary N) is 1. The van der Waals surface area contributed by atoms with Crippen LogP contribution in [0.1, 0.15) is 51.0 Å². The van der Waals surface area contributed by atoms with E-state index < -0.39 is 23.9 Å². The van der Waals surface area contributed by atoms with Gasteiger partial charge in [-0.3, -0.25) is 4.79 Å². The maximum atomic E-state index is 14.4. The van der Waals surface area contributed by atoms with E-state index in [0.717, 1.165) is 31.2 Å². The summed E-state index contributed by atoms with van der Waals surface area (Å²) in [5.41, 5.74) is 6.24. The number of alkyl carbamates (subject to hydrolysis) is 1. The van der Waals surface area contributed by atoms with Gasteiger partial charge in [-0.2, -0.15) is 0 Å². The summed E-state index contributed by atoms with van der Waals surface area (Å²) in [6, 6.07) is 8.58. The molecule has 1 atom stereocenters. The predicted molar refractivity (Wildman–Crippen MR) is 100 cm³/mol. The molecule has 1 aromatic carbocycles. The van der Waals surface area contributed by atoms with E-state index in [0.29, 0.717) is 12.8 Å². The Bertz CT molecular complexity index is 576. The van der Waals surface area contributed by atoms with E-state index in [2.05, 4.69) is 12.2 Å². The van der Waals surface area contributed by atoms with Crippen LogP contribution in [0.2, 0.25) is 0 Å². The van der Waals surface area contributed by atoms with Gasteiger partial charge in [0.1, 0.15) is 5.83 Å². The first kappa shape index (κ1) is 21.7. The highest BCUT2D eigenvalue weighted by Crippen LogP contribution is 2.12. The van der Waals surface area contributed by atoms with Crippen LogP contribution < -0.4 is 11.1 Å². The van der Waals surface area contributed by atoms with E-state index in [-0.39, 0.29) is 13.0 Å². The summed E-state index contributed by atoms with van der Waals surface area (Å²) in [5.74, 6) is -1.27. The first-order chi connectivity index (χ1) is 12.5. The highest BCUT2D eigenvalue weighted by molar-refractivity contribution is 5.76. The van der Waals surface area contributed by atoms with Crippen molar-refractivity contribution in [3.8, 4) is 0 Å². The Morgan fingerprint density at radius 3 is 2.62 bits per heavy atom. The van der Waals surface area contributed by atoms with Gasteiger partial charge in [-0.25, -0.2) is 9.18 Å². The van der Waals surface area contributed by atoms with Crippen molar-refractivity contribution >= 4 is 12.0 Å². The molecule has 0 radical (unpaired) electrons. The standard InChI is InChI=1S/C20H29FN2O3/c1-2-3-4-8-14-26-20(25)23-18(15-19(22)24)17(21)13-9-12-16-10-6-5-7-11-16/h5-7,10-11,13,18H,2-4,8-9,12,14-15H2,1H3,(H2,22,24)(H,23,25)/b17-13+/t18-/m1/s1. The average Bonchev–Trinajstić information content (AvgIpc) is 2.61. The number of benzene rings is 1. The molecular weight excluding hydrogens is 335 g/mol. The maximum Gasteiger partial charge on any atom is 0.407 e. The van der Waals surface area contributed by atoms with E-state index in [1.807, 2.05) is 30.3 Å². The van der Waals surface area contributed by atoms with Crippen LogP contribution in [0.25, 0.3) is 0 Å². The smallest absolute Gasteiger partial charge is 0.407 e. The minimum atomic E-state index is -1.09. The summed E-state index contributed by atoms with van der Waals surface area (Å²) in [6.45, 7) is 2.36. The Kier molecular flexibility index (Phi) is 10.8. The maximum absolute atomic E-state index is 14.4. The van der Waals surface area contributed by atoms with Crippen LogP contribution in [-0.2, 0) is 16.0 Å². The van der Waals surface area contributed by atoms with Crippen LogP contribution in [0.5, 0.6) is 0 Å². The zero-order valence-corrected chi connectivity index (χ0v) is 15.4. The number of primary amides is 1. The first-order valence-electron chi connectivity index (χ1n) is 9.14. The Hall–Kier alpha value is -2.37. The van der Waals surface area contributed by atoms with Crippen molar-refractivity contribution in [2.24, 2.45) is 5.73 Å². The Labute approximate surface area is 154 Å². The number of allylic oxidation sites excluding steroid dienone is 1. The molecule has 3 N–H and O–H groups in total. The lowest BCUT2D eigenvalue weighted by atomic mass is 10.1. The molecule has 0 spiro atoms. The second-order valence-corrected chi connectivity index (χ2v) is 6.18. The SMILES string of the molecule is CCCCCCOC(=O)N[C@H](CC(N)=O)/C(F)=C\CCc1ccccc1. The average molecular weight is 364 g/mol. The minimum Gasteiger partial charge on any atom is -0.450 e. The van der Waals surface area contributed by atoms with Crippen LogP contribution >= 0.6 is 0 Å². The molecule has 0 saturated carbocycles. The summed E-state index contributed by atoms with van der Waals surface area (Å²) in [5, 5.41) is 2.38. The van der Waals surface area contributed by atoms with Gasteiger partial charge in [-0.15, -0.1) is 0 Å². The molecule has 0 aliphatic carbocycles. The van der Waals surface area contributed by atoms with Gasteiger partial charge in [0.2, 0.25) is 5.91 Å². The second kappa shape index (κ2) is 12.9.